The SMILES string of the molecule is CC(C)(C)OC(=O)N1CC[C@@H](Oc2cc(F)ccc2Nc2ncnc3cc(N=S(C)(C)=O)cc(F)c23)C1. The number of hydrogen-bond donors (Lipinski definition) is 1. The van der Waals surface area contributed by atoms with Crippen LogP contribution in [0.3, 0.4) is 0 Å². The monoisotopic (exact) mass is 533 g/mol. The van der Waals surface area contributed by atoms with Crippen LogP contribution in [-0.4, -0.2) is 62.5 Å². The molecule has 0 aliphatic carbocycles. The summed E-state index contributed by atoms with van der Waals surface area (Å²) in [5.41, 5.74) is 0.196. The van der Waals surface area contributed by atoms with Crippen molar-refractivity contribution in [1.82, 2.24) is 14.9 Å². The Morgan fingerprint density at radius 3 is 2.65 bits per heavy atom. The Bertz CT molecular complexity index is 1460. The van der Waals surface area contributed by atoms with Crippen LogP contribution in [0.25, 0.3) is 10.9 Å². The number of amides is 1. The zero-order valence-corrected chi connectivity index (χ0v) is 22.1. The average molecular weight is 534 g/mol. The molecule has 2 aromatic carbocycles. The van der Waals surface area contributed by atoms with Crippen molar-refractivity contribution in [2.24, 2.45) is 4.36 Å². The van der Waals surface area contributed by atoms with Crippen LogP contribution in [0.5, 0.6) is 5.75 Å². The van der Waals surface area contributed by atoms with Crippen molar-refractivity contribution >= 4 is 43.9 Å². The number of ether oxygens (including phenoxy) is 2. The lowest BCUT2D eigenvalue weighted by Gasteiger charge is -2.24. The number of rotatable bonds is 5. The predicted molar refractivity (Wildman–Crippen MR) is 138 cm³/mol. The van der Waals surface area contributed by atoms with E-state index in [4.69, 9.17) is 9.47 Å². The van der Waals surface area contributed by atoms with E-state index in [1.54, 1.807) is 25.7 Å². The van der Waals surface area contributed by atoms with Crippen molar-refractivity contribution in [2.75, 3.05) is 30.9 Å². The molecule has 1 aliphatic heterocycles. The highest BCUT2D eigenvalue weighted by Crippen LogP contribution is 2.34. The Balaban J connectivity index is 1.59. The molecule has 1 aromatic heterocycles. The van der Waals surface area contributed by atoms with Crippen LogP contribution in [0.4, 0.5) is 30.8 Å². The Morgan fingerprint density at radius 2 is 1.95 bits per heavy atom. The lowest BCUT2D eigenvalue weighted by Crippen LogP contribution is -2.36. The lowest BCUT2D eigenvalue weighted by molar-refractivity contribution is 0.0275. The molecule has 1 saturated heterocycles. The van der Waals surface area contributed by atoms with Crippen LogP contribution in [0.2, 0.25) is 0 Å². The molecule has 0 bridgehead atoms. The van der Waals surface area contributed by atoms with E-state index in [-0.39, 0.29) is 34.7 Å². The molecule has 3 aromatic rings. The fourth-order valence-corrected chi connectivity index (χ4v) is 4.46. The van der Waals surface area contributed by atoms with Gasteiger partial charge in [-0.25, -0.2) is 27.8 Å². The van der Waals surface area contributed by atoms with Crippen molar-refractivity contribution in [3.63, 3.8) is 0 Å². The Morgan fingerprint density at radius 1 is 1.19 bits per heavy atom. The molecule has 198 valence electrons. The van der Waals surface area contributed by atoms with Crippen LogP contribution in [0, 0.1) is 11.6 Å². The largest absolute Gasteiger partial charge is 0.486 e. The van der Waals surface area contributed by atoms with Crippen molar-refractivity contribution in [3.8, 4) is 5.75 Å². The first-order valence-corrected chi connectivity index (χ1v) is 13.9. The standard InChI is InChI=1S/C25H29F2N5O4S/c1-25(2,3)36-24(33)32-9-8-17(13-32)35-21-10-15(26)6-7-19(21)30-23-22-18(27)11-16(31-37(4,5)34)12-20(22)28-14-29-23/h6-7,10-12,14,17H,8-9,13H2,1-5H3,(H,28,29,30)/t17-/m1/s1. The van der Waals surface area contributed by atoms with Gasteiger partial charge in [-0.15, -0.1) is 0 Å². The minimum atomic E-state index is -2.50. The minimum absolute atomic E-state index is 0.0902. The van der Waals surface area contributed by atoms with Gasteiger partial charge in [0.25, 0.3) is 0 Å². The maximum Gasteiger partial charge on any atom is 0.410 e. The van der Waals surface area contributed by atoms with Gasteiger partial charge in [-0.2, -0.15) is 4.36 Å². The number of nitrogens with zero attached hydrogens (tertiary/aromatic N) is 4. The molecule has 1 fully saturated rings. The van der Waals surface area contributed by atoms with Crippen molar-refractivity contribution < 1.29 is 27.3 Å². The van der Waals surface area contributed by atoms with E-state index in [2.05, 4.69) is 19.6 Å². The fraction of sp³-hybridized carbons (Fsp3) is 0.400. The summed E-state index contributed by atoms with van der Waals surface area (Å²) in [6, 6.07) is 6.60. The third-order valence-corrected chi connectivity index (χ3v) is 5.94. The Kier molecular flexibility index (Phi) is 7.22. The molecule has 0 radical (unpaired) electrons. The number of benzene rings is 2. The molecular formula is C25H29F2N5O4S. The summed E-state index contributed by atoms with van der Waals surface area (Å²) >= 11 is 0. The molecular weight excluding hydrogens is 504 g/mol. The molecule has 37 heavy (non-hydrogen) atoms. The van der Waals surface area contributed by atoms with Crippen LogP contribution in [0.1, 0.15) is 27.2 Å². The fourth-order valence-electron chi connectivity index (χ4n) is 3.85. The smallest absolute Gasteiger partial charge is 0.410 e. The van der Waals surface area contributed by atoms with Crippen molar-refractivity contribution in [1.29, 1.82) is 0 Å². The van der Waals surface area contributed by atoms with Gasteiger partial charge in [0.15, 0.2) is 0 Å². The topological polar surface area (TPSA) is 106 Å². The number of likely N-dealkylation sites (tertiary alicyclic amines) is 1. The molecule has 9 nitrogen and oxygen atoms in total. The number of anilines is 2. The quantitative estimate of drug-likeness (QED) is 0.468. The Hall–Kier alpha value is -3.54. The molecule has 1 atom stereocenters. The molecule has 1 amide bonds. The second-order valence-electron chi connectivity index (χ2n) is 10.0. The summed E-state index contributed by atoms with van der Waals surface area (Å²) in [5, 5.41) is 3.11. The first-order chi connectivity index (χ1) is 17.3. The number of halogens is 2. The van der Waals surface area contributed by atoms with Gasteiger partial charge >= 0.3 is 6.09 Å². The van der Waals surface area contributed by atoms with E-state index in [9.17, 15) is 13.4 Å². The van der Waals surface area contributed by atoms with E-state index in [1.165, 1.54) is 43.1 Å². The van der Waals surface area contributed by atoms with Gasteiger partial charge in [-0.1, -0.05) is 0 Å². The summed E-state index contributed by atoms with van der Waals surface area (Å²) in [4.78, 5) is 22.2. The lowest BCUT2D eigenvalue weighted by atomic mass is 10.2. The highest BCUT2D eigenvalue weighted by molar-refractivity contribution is 7.92. The van der Waals surface area contributed by atoms with Crippen LogP contribution in [-0.2, 0) is 14.5 Å². The van der Waals surface area contributed by atoms with Crippen LogP contribution >= 0.6 is 0 Å². The molecule has 12 heteroatoms. The Labute approximate surface area is 214 Å². The number of nitrogens with one attached hydrogen (secondary N) is 1. The third-order valence-electron chi connectivity index (χ3n) is 5.29. The summed E-state index contributed by atoms with van der Waals surface area (Å²) in [6.07, 6.45) is 3.86. The average Bonchev–Trinajstić information content (AvgIpc) is 3.22. The summed E-state index contributed by atoms with van der Waals surface area (Å²) in [6.45, 7) is 6.09. The van der Waals surface area contributed by atoms with Gasteiger partial charge in [-0.3, -0.25) is 0 Å². The van der Waals surface area contributed by atoms with E-state index in [0.717, 1.165) is 6.07 Å². The molecule has 2 heterocycles. The zero-order valence-electron chi connectivity index (χ0n) is 21.2. The highest BCUT2D eigenvalue weighted by Gasteiger charge is 2.31. The maximum atomic E-state index is 15.1. The number of carbonyl (C=O) groups excluding carboxylic acids is 1. The predicted octanol–water partition coefficient (Wildman–Crippen LogP) is 5.40. The molecule has 1 N–H and O–H groups in total. The summed E-state index contributed by atoms with van der Waals surface area (Å²) in [7, 11) is -2.50. The first kappa shape index (κ1) is 26.5. The summed E-state index contributed by atoms with van der Waals surface area (Å²) < 4.78 is 56.8. The minimum Gasteiger partial charge on any atom is -0.486 e. The van der Waals surface area contributed by atoms with Gasteiger partial charge in [-0.05, 0) is 39.0 Å². The number of carbonyl (C=O) groups is 1. The van der Waals surface area contributed by atoms with E-state index in [1.807, 2.05) is 0 Å². The van der Waals surface area contributed by atoms with Gasteiger partial charge in [0.1, 0.15) is 41.2 Å². The van der Waals surface area contributed by atoms with E-state index in [0.29, 0.717) is 18.7 Å². The third kappa shape index (κ3) is 6.82. The van der Waals surface area contributed by atoms with Gasteiger partial charge < -0.3 is 19.7 Å². The van der Waals surface area contributed by atoms with E-state index >= 15 is 4.39 Å². The van der Waals surface area contributed by atoms with Gasteiger partial charge in [0.05, 0.1) is 28.8 Å². The first-order valence-electron chi connectivity index (χ1n) is 11.6. The van der Waals surface area contributed by atoms with Crippen molar-refractivity contribution in [3.05, 3.63) is 48.3 Å². The maximum absolute atomic E-state index is 15.1. The number of hydrogen-bond acceptors (Lipinski definition) is 8. The second-order valence-corrected chi connectivity index (χ2v) is 12.6. The number of aromatic nitrogens is 2. The van der Waals surface area contributed by atoms with Gasteiger partial charge in [0.2, 0.25) is 0 Å². The highest BCUT2D eigenvalue weighted by atomic mass is 32.2. The van der Waals surface area contributed by atoms with Crippen LogP contribution < -0.4 is 10.1 Å². The van der Waals surface area contributed by atoms with Gasteiger partial charge in [0, 0.05) is 47.3 Å². The van der Waals surface area contributed by atoms with Crippen molar-refractivity contribution in [2.45, 2.75) is 38.9 Å². The second kappa shape index (κ2) is 10.1. The molecule has 0 unspecified atom stereocenters. The molecule has 0 spiro atoms. The summed E-state index contributed by atoms with van der Waals surface area (Å²) in [5.74, 6) is -0.848. The van der Waals surface area contributed by atoms with Crippen LogP contribution in [0.15, 0.2) is 41.0 Å². The zero-order chi connectivity index (χ0) is 27.0. The number of fused-ring (bicyclic) bond motifs is 1. The molecule has 1 aliphatic rings. The molecule has 0 saturated carbocycles. The normalized spacial score (nSPS) is 16.1. The molecule has 4 rings (SSSR count). The van der Waals surface area contributed by atoms with E-state index < -0.39 is 39.2 Å².